The predicted molar refractivity (Wildman–Crippen MR) is 64.1 cm³/mol. The molecule has 1 N–H and O–H groups in total. The molecule has 0 saturated carbocycles. The zero-order chi connectivity index (χ0) is 13.0. The molecular formula is C14H8FNO2. The standard InChI is InChI=1S/C14H8FNO2/c15-12-9-10(5-7-14(17)18)4-6-11(12)13-3-1-2-8-16-13/h1-4,6,8-9H,(H,17,18). The second kappa shape index (κ2) is 5.11. The van der Waals surface area contributed by atoms with Crippen LogP contribution < -0.4 is 0 Å². The maximum Gasteiger partial charge on any atom is 0.382 e. The maximum atomic E-state index is 13.8. The summed E-state index contributed by atoms with van der Waals surface area (Å²) < 4.78 is 13.8. The van der Waals surface area contributed by atoms with E-state index in [-0.39, 0.29) is 0 Å². The molecule has 2 aromatic rings. The number of nitrogens with zero attached hydrogens (tertiary/aromatic N) is 1. The largest absolute Gasteiger partial charge is 0.472 e. The summed E-state index contributed by atoms with van der Waals surface area (Å²) in [5, 5.41) is 8.40. The number of halogens is 1. The summed E-state index contributed by atoms with van der Waals surface area (Å²) in [7, 11) is 0. The van der Waals surface area contributed by atoms with E-state index in [0.717, 1.165) is 0 Å². The van der Waals surface area contributed by atoms with Crippen LogP contribution in [-0.4, -0.2) is 16.1 Å². The van der Waals surface area contributed by atoms with E-state index in [1.165, 1.54) is 12.1 Å². The van der Waals surface area contributed by atoms with Gasteiger partial charge in [0.1, 0.15) is 5.82 Å². The van der Waals surface area contributed by atoms with Crippen LogP contribution in [-0.2, 0) is 4.79 Å². The third-order valence-corrected chi connectivity index (χ3v) is 2.22. The predicted octanol–water partition coefficient (Wildman–Crippen LogP) is 2.32. The number of hydrogen-bond acceptors (Lipinski definition) is 2. The lowest BCUT2D eigenvalue weighted by molar-refractivity contribution is -0.130. The number of carbonyl (C=O) groups is 1. The van der Waals surface area contributed by atoms with Crippen molar-refractivity contribution in [1.82, 2.24) is 4.98 Å². The molecule has 0 atom stereocenters. The fourth-order valence-corrected chi connectivity index (χ4v) is 1.45. The summed E-state index contributed by atoms with van der Waals surface area (Å²) in [5.41, 5.74) is 1.19. The molecule has 0 saturated heterocycles. The van der Waals surface area contributed by atoms with Crippen molar-refractivity contribution in [1.29, 1.82) is 0 Å². The van der Waals surface area contributed by atoms with Crippen LogP contribution in [0.25, 0.3) is 11.3 Å². The Morgan fingerprint density at radius 3 is 2.72 bits per heavy atom. The quantitative estimate of drug-likeness (QED) is 0.779. The van der Waals surface area contributed by atoms with Crippen LogP contribution >= 0.6 is 0 Å². The Labute approximate surface area is 103 Å². The van der Waals surface area contributed by atoms with Gasteiger partial charge in [0.25, 0.3) is 0 Å². The Kier molecular flexibility index (Phi) is 3.35. The summed E-state index contributed by atoms with van der Waals surface area (Å²) >= 11 is 0. The van der Waals surface area contributed by atoms with Gasteiger partial charge >= 0.3 is 5.97 Å². The molecule has 1 heterocycles. The molecule has 0 aliphatic carbocycles. The Balaban J connectivity index is 2.38. The molecule has 0 fully saturated rings. The summed E-state index contributed by atoms with van der Waals surface area (Å²) in [6.45, 7) is 0. The van der Waals surface area contributed by atoms with Crippen molar-refractivity contribution in [2.24, 2.45) is 0 Å². The summed E-state index contributed by atoms with van der Waals surface area (Å²) in [4.78, 5) is 14.3. The molecule has 1 aromatic carbocycles. The average molecular weight is 241 g/mol. The van der Waals surface area contributed by atoms with E-state index in [9.17, 15) is 9.18 Å². The molecule has 0 aliphatic heterocycles. The maximum absolute atomic E-state index is 13.8. The first kappa shape index (κ1) is 11.8. The van der Waals surface area contributed by atoms with Gasteiger partial charge in [0.15, 0.2) is 0 Å². The van der Waals surface area contributed by atoms with Crippen molar-refractivity contribution in [3.05, 3.63) is 54.0 Å². The molecule has 3 nitrogen and oxygen atoms in total. The van der Waals surface area contributed by atoms with Crippen molar-refractivity contribution in [2.45, 2.75) is 0 Å². The van der Waals surface area contributed by atoms with E-state index in [0.29, 0.717) is 16.8 Å². The first-order valence-electron chi connectivity index (χ1n) is 5.13. The summed E-state index contributed by atoms with van der Waals surface area (Å²) in [5.74, 6) is 2.56. The lowest BCUT2D eigenvalue weighted by Gasteiger charge is -2.02. The normalized spacial score (nSPS) is 9.39. The number of carboxylic acids is 1. The molecule has 18 heavy (non-hydrogen) atoms. The van der Waals surface area contributed by atoms with Crippen LogP contribution in [0.4, 0.5) is 4.39 Å². The minimum atomic E-state index is -1.25. The van der Waals surface area contributed by atoms with Crippen molar-refractivity contribution < 1.29 is 14.3 Å². The van der Waals surface area contributed by atoms with Crippen LogP contribution in [0, 0.1) is 17.7 Å². The monoisotopic (exact) mass is 241 g/mol. The number of hydrogen-bond donors (Lipinski definition) is 1. The minimum Gasteiger partial charge on any atom is -0.472 e. The van der Waals surface area contributed by atoms with Crippen molar-refractivity contribution in [3.8, 4) is 23.1 Å². The number of aliphatic carboxylic acids is 1. The first-order valence-corrected chi connectivity index (χ1v) is 5.13. The molecule has 0 bridgehead atoms. The number of rotatable bonds is 1. The molecule has 0 aliphatic rings. The van der Waals surface area contributed by atoms with E-state index < -0.39 is 11.8 Å². The fraction of sp³-hybridized carbons (Fsp3) is 0. The highest BCUT2D eigenvalue weighted by atomic mass is 19.1. The molecule has 0 spiro atoms. The zero-order valence-corrected chi connectivity index (χ0v) is 9.22. The van der Waals surface area contributed by atoms with Crippen LogP contribution in [0.3, 0.4) is 0 Å². The molecule has 0 amide bonds. The zero-order valence-electron chi connectivity index (χ0n) is 9.22. The fourth-order valence-electron chi connectivity index (χ4n) is 1.45. The van der Waals surface area contributed by atoms with Gasteiger partial charge in [0.2, 0.25) is 0 Å². The highest BCUT2D eigenvalue weighted by Gasteiger charge is 2.05. The van der Waals surface area contributed by atoms with Gasteiger partial charge in [0.05, 0.1) is 5.69 Å². The molecule has 2 rings (SSSR count). The topological polar surface area (TPSA) is 50.2 Å². The molecule has 4 heteroatoms. The van der Waals surface area contributed by atoms with Crippen molar-refractivity contribution in [2.75, 3.05) is 0 Å². The van der Waals surface area contributed by atoms with Gasteiger partial charge in [-0.1, -0.05) is 12.0 Å². The Hall–Kier alpha value is -2.67. The van der Waals surface area contributed by atoms with E-state index in [2.05, 4.69) is 10.9 Å². The van der Waals surface area contributed by atoms with E-state index in [1.54, 1.807) is 30.5 Å². The second-order valence-electron chi connectivity index (χ2n) is 3.46. The second-order valence-corrected chi connectivity index (χ2v) is 3.46. The molecule has 88 valence electrons. The van der Waals surface area contributed by atoms with Crippen molar-refractivity contribution in [3.63, 3.8) is 0 Å². The van der Waals surface area contributed by atoms with Gasteiger partial charge in [0, 0.05) is 23.2 Å². The van der Waals surface area contributed by atoms with Gasteiger partial charge in [-0.2, -0.15) is 0 Å². The minimum absolute atomic E-state index is 0.314. The number of pyridine rings is 1. The van der Waals surface area contributed by atoms with Gasteiger partial charge in [-0.15, -0.1) is 0 Å². The summed E-state index contributed by atoms with van der Waals surface area (Å²) in [6, 6.07) is 9.49. The Morgan fingerprint density at radius 2 is 2.11 bits per heavy atom. The van der Waals surface area contributed by atoms with Gasteiger partial charge in [-0.05, 0) is 30.3 Å². The summed E-state index contributed by atoms with van der Waals surface area (Å²) in [6.07, 6.45) is 1.58. The van der Waals surface area contributed by atoms with Crippen LogP contribution in [0.15, 0.2) is 42.6 Å². The molecule has 1 aromatic heterocycles. The third kappa shape index (κ3) is 2.71. The van der Waals surface area contributed by atoms with E-state index in [1.807, 2.05) is 5.92 Å². The SMILES string of the molecule is O=C(O)C#Cc1ccc(-c2ccccn2)c(F)c1. The molecular weight excluding hydrogens is 233 g/mol. The molecule has 0 radical (unpaired) electrons. The van der Waals surface area contributed by atoms with Crippen molar-refractivity contribution >= 4 is 5.97 Å². The Morgan fingerprint density at radius 1 is 1.28 bits per heavy atom. The third-order valence-electron chi connectivity index (χ3n) is 2.22. The number of carboxylic acid groups (broad SMARTS) is 1. The first-order chi connectivity index (χ1) is 8.66. The lowest BCUT2D eigenvalue weighted by atomic mass is 10.1. The smallest absolute Gasteiger partial charge is 0.382 e. The van der Waals surface area contributed by atoms with Crippen LogP contribution in [0.2, 0.25) is 0 Å². The lowest BCUT2D eigenvalue weighted by Crippen LogP contribution is -1.90. The number of aromatic nitrogens is 1. The van der Waals surface area contributed by atoms with Crippen LogP contribution in [0.5, 0.6) is 0 Å². The number of benzene rings is 1. The van der Waals surface area contributed by atoms with Gasteiger partial charge < -0.3 is 5.11 Å². The van der Waals surface area contributed by atoms with E-state index >= 15 is 0 Å². The Bertz CT molecular complexity index is 642. The van der Waals surface area contributed by atoms with E-state index in [4.69, 9.17) is 5.11 Å². The molecule has 0 unspecified atom stereocenters. The van der Waals surface area contributed by atoms with Gasteiger partial charge in [-0.3, -0.25) is 4.98 Å². The van der Waals surface area contributed by atoms with Crippen LogP contribution in [0.1, 0.15) is 5.56 Å². The highest BCUT2D eigenvalue weighted by molar-refractivity contribution is 5.87. The van der Waals surface area contributed by atoms with Gasteiger partial charge in [-0.25, -0.2) is 9.18 Å². The average Bonchev–Trinajstić information content (AvgIpc) is 2.37. The highest BCUT2D eigenvalue weighted by Crippen LogP contribution is 2.20.